The Morgan fingerprint density at radius 1 is 0.875 bits per heavy atom. The number of carbonyl (C=O) groups is 5. The number of carbonyl (C=O) groups excluding carboxylic acids is 5. The summed E-state index contributed by atoms with van der Waals surface area (Å²) >= 11 is 0. The van der Waals surface area contributed by atoms with Gasteiger partial charge in [0, 0.05) is 56.3 Å². The molecule has 0 radical (unpaired) electrons. The molecular formula is C47H68O17. The molecule has 0 spiro atoms. The Morgan fingerprint density at radius 2 is 1.56 bits per heavy atom. The van der Waals surface area contributed by atoms with E-state index in [0.717, 1.165) is 32.1 Å². The monoisotopic (exact) mass is 904 g/mol. The predicted molar refractivity (Wildman–Crippen MR) is 228 cm³/mol. The number of hydrogen-bond donors (Lipinski definition) is 4. The zero-order chi connectivity index (χ0) is 47.6. The molecule has 0 aromatic heterocycles. The van der Waals surface area contributed by atoms with Crippen LogP contribution in [0.25, 0.3) is 0 Å². The SMILES string of the molecule is CCC/C=C/C=C/C(=O)O[C@H]1/C(=C/C(=O)OC)C[C@H]2C[C@H]([C@@H](C)O)OC(=O)C[C@H](O)C[C@@H]3CC(OC(C)=O)C(C)(C)[C@](O)(CC4C/C(=C/C(=O)OC)C[C@H](/C=C/C(C)(C)[C@]1(O)O2)O4)O3. The summed E-state index contributed by atoms with van der Waals surface area (Å²) in [5.41, 5.74) is -2.06. The van der Waals surface area contributed by atoms with Crippen molar-refractivity contribution >= 4 is 29.8 Å². The van der Waals surface area contributed by atoms with E-state index in [-0.39, 0.29) is 50.5 Å². The zero-order valence-corrected chi connectivity index (χ0v) is 38.5. The number of unbranched alkanes of at least 4 members (excludes halogenated alkanes) is 1. The maximum Gasteiger partial charge on any atom is 0.331 e. The molecule has 0 aromatic rings. The molecule has 3 fully saturated rings. The first kappa shape index (κ1) is 52.4. The van der Waals surface area contributed by atoms with Crippen LogP contribution >= 0.6 is 0 Å². The molecule has 358 valence electrons. The van der Waals surface area contributed by atoms with Gasteiger partial charge in [-0.3, -0.25) is 9.59 Å². The molecule has 11 atom stereocenters. The largest absolute Gasteiger partial charge is 0.466 e. The van der Waals surface area contributed by atoms with Crippen molar-refractivity contribution in [2.45, 2.75) is 179 Å². The minimum atomic E-state index is -2.47. The van der Waals surface area contributed by atoms with Gasteiger partial charge in [0.05, 0.1) is 62.7 Å². The first-order valence-electron chi connectivity index (χ1n) is 21.9. The van der Waals surface area contributed by atoms with E-state index in [9.17, 15) is 44.4 Å². The fourth-order valence-electron chi connectivity index (χ4n) is 8.57. The summed E-state index contributed by atoms with van der Waals surface area (Å²) in [7, 11) is 2.40. The average molecular weight is 905 g/mol. The summed E-state index contributed by atoms with van der Waals surface area (Å²) in [5.74, 6) is -8.31. The highest BCUT2D eigenvalue weighted by atomic mass is 16.7. The molecule has 0 saturated carbocycles. The Morgan fingerprint density at radius 3 is 2.20 bits per heavy atom. The first-order valence-corrected chi connectivity index (χ1v) is 21.9. The molecule has 4 rings (SSSR count). The molecule has 4 aliphatic rings. The van der Waals surface area contributed by atoms with Gasteiger partial charge in [-0.05, 0) is 38.2 Å². The minimum Gasteiger partial charge on any atom is -0.466 e. The number of fused-ring (bicyclic) bond motifs is 6. The quantitative estimate of drug-likeness (QED) is 0.0830. The minimum absolute atomic E-state index is 0.0721. The number of methoxy groups -OCH3 is 2. The molecule has 0 amide bonds. The highest BCUT2D eigenvalue weighted by Crippen LogP contribution is 2.50. The Kier molecular flexibility index (Phi) is 18.3. The smallest absolute Gasteiger partial charge is 0.331 e. The van der Waals surface area contributed by atoms with E-state index < -0.39 is 114 Å². The first-order chi connectivity index (χ1) is 29.9. The van der Waals surface area contributed by atoms with Crippen LogP contribution in [0.1, 0.15) is 113 Å². The fourth-order valence-corrected chi connectivity index (χ4v) is 8.57. The van der Waals surface area contributed by atoms with Crippen molar-refractivity contribution in [2.24, 2.45) is 10.8 Å². The van der Waals surface area contributed by atoms with Crippen LogP contribution in [0.15, 0.2) is 59.8 Å². The molecular weight excluding hydrogens is 836 g/mol. The van der Waals surface area contributed by atoms with Crippen molar-refractivity contribution in [2.75, 3.05) is 14.2 Å². The number of ether oxygens (including phenoxy) is 8. The van der Waals surface area contributed by atoms with Crippen LogP contribution in [0.3, 0.4) is 0 Å². The van der Waals surface area contributed by atoms with Gasteiger partial charge < -0.3 is 58.3 Å². The summed E-state index contributed by atoms with van der Waals surface area (Å²) in [6.07, 6.45) is 2.55. The number of aliphatic hydroxyl groups is 4. The van der Waals surface area contributed by atoms with Gasteiger partial charge in [0.2, 0.25) is 5.79 Å². The van der Waals surface area contributed by atoms with Crippen LogP contribution in [0, 0.1) is 10.8 Å². The third-order valence-corrected chi connectivity index (χ3v) is 12.4. The van der Waals surface area contributed by atoms with Gasteiger partial charge >= 0.3 is 29.8 Å². The van der Waals surface area contributed by atoms with Crippen molar-refractivity contribution in [1.82, 2.24) is 0 Å². The van der Waals surface area contributed by atoms with Crippen molar-refractivity contribution in [3.05, 3.63) is 59.8 Å². The molecule has 2 unspecified atom stereocenters. The van der Waals surface area contributed by atoms with E-state index >= 15 is 0 Å². The van der Waals surface area contributed by atoms with Crippen LogP contribution < -0.4 is 0 Å². The van der Waals surface area contributed by atoms with E-state index in [0.29, 0.717) is 5.57 Å². The Labute approximate surface area is 375 Å². The topological polar surface area (TPSA) is 240 Å². The van der Waals surface area contributed by atoms with Crippen LogP contribution in [-0.2, 0) is 61.9 Å². The second-order valence-corrected chi connectivity index (χ2v) is 18.3. The van der Waals surface area contributed by atoms with Gasteiger partial charge in [0.25, 0.3) is 0 Å². The molecule has 4 aliphatic heterocycles. The molecule has 64 heavy (non-hydrogen) atoms. The highest BCUT2D eigenvalue weighted by Gasteiger charge is 2.59. The second-order valence-electron chi connectivity index (χ2n) is 18.3. The van der Waals surface area contributed by atoms with Crippen molar-refractivity contribution in [1.29, 1.82) is 0 Å². The number of cyclic esters (lactones) is 1. The third kappa shape index (κ3) is 13.4. The van der Waals surface area contributed by atoms with E-state index in [1.807, 2.05) is 13.0 Å². The lowest BCUT2D eigenvalue weighted by Gasteiger charge is -2.53. The number of allylic oxidation sites excluding steroid dienone is 3. The number of aliphatic hydroxyl groups excluding tert-OH is 2. The van der Waals surface area contributed by atoms with Gasteiger partial charge in [-0.25, -0.2) is 14.4 Å². The number of rotatable bonds is 9. The standard InChI is InChI=1S/C47H68O17/c1-10-11-12-13-14-15-39(51)62-43-31(22-41(53)58-9)21-34-25-37(28(2)48)61-42(54)24-32(50)23-35-26-38(59-29(3)49)45(6,7)46(55,63-35)27-36-19-30(20-40(52)57-8)18-33(60-36)16-17-44(4,5)47(43,56)64-34/h12-17,20,22,28,32-38,43,48,50,55-56H,10-11,18-19,21,23-27H2,1-9H3/b13-12+,15-14+,17-16+,30-20+,31-22+/t28-,32-,33+,34+,35-,36?,37-,38?,43+,46+,47-/m1/s1. The molecule has 0 aromatic carbocycles. The van der Waals surface area contributed by atoms with Gasteiger partial charge in [0.1, 0.15) is 12.2 Å². The summed E-state index contributed by atoms with van der Waals surface area (Å²) < 4.78 is 46.7. The van der Waals surface area contributed by atoms with Gasteiger partial charge in [-0.15, -0.1) is 0 Å². The molecule has 17 heteroatoms. The molecule has 17 nitrogen and oxygen atoms in total. The summed E-state index contributed by atoms with van der Waals surface area (Å²) in [4.78, 5) is 64.7. The summed E-state index contributed by atoms with van der Waals surface area (Å²) in [6, 6.07) is 0. The van der Waals surface area contributed by atoms with Crippen molar-refractivity contribution in [3.63, 3.8) is 0 Å². The normalized spacial score (nSPS) is 35.8. The average Bonchev–Trinajstić information content (AvgIpc) is 3.19. The van der Waals surface area contributed by atoms with Gasteiger partial charge in [-0.2, -0.15) is 0 Å². The number of esters is 5. The molecule has 3 saturated heterocycles. The predicted octanol–water partition coefficient (Wildman–Crippen LogP) is 4.28. The Hall–Kier alpha value is -4.23. The lowest BCUT2D eigenvalue weighted by molar-refractivity contribution is -0.348. The fraction of sp³-hybridized carbons (Fsp3) is 0.681. The Bertz CT molecular complexity index is 1830. The summed E-state index contributed by atoms with van der Waals surface area (Å²) in [5, 5.41) is 47.5. The lowest BCUT2D eigenvalue weighted by atomic mass is 9.70. The molecule has 4 N–H and O–H groups in total. The van der Waals surface area contributed by atoms with Gasteiger partial charge in [0.15, 0.2) is 11.9 Å². The van der Waals surface area contributed by atoms with Crippen LogP contribution in [0.2, 0.25) is 0 Å². The highest BCUT2D eigenvalue weighted by molar-refractivity contribution is 5.85. The van der Waals surface area contributed by atoms with E-state index in [4.69, 9.17) is 37.9 Å². The maximum absolute atomic E-state index is 13.4. The van der Waals surface area contributed by atoms with E-state index in [2.05, 4.69) is 0 Å². The van der Waals surface area contributed by atoms with E-state index in [1.54, 1.807) is 45.9 Å². The molecule has 4 heterocycles. The van der Waals surface area contributed by atoms with Crippen LogP contribution in [-0.4, -0.2) is 131 Å². The van der Waals surface area contributed by atoms with Gasteiger partial charge in [-0.1, -0.05) is 77.0 Å². The summed E-state index contributed by atoms with van der Waals surface area (Å²) in [6.45, 7) is 11.2. The molecule has 6 bridgehead atoms. The maximum atomic E-state index is 13.4. The third-order valence-electron chi connectivity index (χ3n) is 12.4. The van der Waals surface area contributed by atoms with Crippen LogP contribution in [0.5, 0.6) is 0 Å². The van der Waals surface area contributed by atoms with Crippen molar-refractivity contribution in [3.8, 4) is 0 Å². The van der Waals surface area contributed by atoms with Crippen LogP contribution in [0.4, 0.5) is 0 Å². The zero-order valence-electron chi connectivity index (χ0n) is 38.5. The van der Waals surface area contributed by atoms with Crippen molar-refractivity contribution < 1.29 is 82.3 Å². The number of hydrogen-bond acceptors (Lipinski definition) is 17. The van der Waals surface area contributed by atoms with E-state index in [1.165, 1.54) is 33.1 Å². The molecule has 0 aliphatic carbocycles. The second kappa shape index (κ2) is 22.3. The lowest BCUT2D eigenvalue weighted by Crippen LogP contribution is -2.62. The Balaban J connectivity index is 1.89.